The van der Waals surface area contributed by atoms with Crippen molar-refractivity contribution in [2.45, 2.75) is 13.2 Å². The smallest absolute Gasteiger partial charge is 0.283 e. The minimum Gasteiger partial charge on any atom is -0.283 e. The van der Waals surface area contributed by atoms with Crippen LogP contribution in [0.5, 0.6) is 0 Å². The SMILES string of the molecule is CN(Cc1cnn(C)c1)Cn1ncc(Cl)c(Cl)c1=O. The molecule has 0 unspecified atom stereocenters. The zero-order valence-electron chi connectivity index (χ0n) is 10.5. The lowest BCUT2D eigenvalue weighted by atomic mass is 10.3. The third-order valence-electron chi connectivity index (χ3n) is 2.53. The molecule has 0 bridgehead atoms. The van der Waals surface area contributed by atoms with Gasteiger partial charge in [-0.25, -0.2) is 4.68 Å². The van der Waals surface area contributed by atoms with Crippen molar-refractivity contribution in [3.63, 3.8) is 0 Å². The Morgan fingerprint density at radius 1 is 1.32 bits per heavy atom. The van der Waals surface area contributed by atoms with Crippen LogP contribution in [-0.4, -0.2) is 31.5 Å². The molecule has 2 aromatic rings. The number of hydrogen-bond donors (Lipinski definition) is 0. The van der Waals surface area contributed by atoms with Crippen LogP contribution in [0.2, 0.25) is 10.0 Å². The van der Waals surface area contributed by atoms with Crippen LogP contribution in [0.15, 0.2) is 23.4 Å². The van der Waals surface area contributed by atoms with Crippen LogP contribution in [0.4, 0.5) is 0 Å². The second-order valence-electron chi connectivity index (χ2n) is 4.29. The predicted octanol–water partition coefficient (Wildman–Crippen LogP) is 1.37. The Hall–Kier alpha value is -1.37. The molecule has 102 valence electrons. The Morgan fingerprint density at radius 3 is 2.68 bits per heavy atom. The molecule has 0 fully saturated rings. The van der Waals surface area contributed by atoms with Crippen molar-refractivity contribution in [2.75, 3.05) is 7.05 Å². The monoisotopic (exact) mass is 301 g/mol. The van der Waals surface area contributed by atoms with Gasteiger partial charge >= 0.3 is 0 Å². The van der Waals surface area contributed by atoms with Crippen molar-refractivity contribution >= 4 is 23.2 Å². The minimum absolute atomic E-state index is 0.00792. The van der Waals surface area contributed by atoms with Gasteiger partial charge in [0.25, 0.3) is 5.56 Å². The molecular formula is C11H13Cl2N5O. The maximum absolute atomic E-state index is 11.8. The summed E-state index contributed by atoms with van der Waals surface area (Å²) in [5, 5.41) is 8.19. The molecule has 0 aromatic carbocycles. The van der Waals surface area contributed by atoms with Gasteiger partial charge < -0.3 is 0 Å². The second kappa shape index (κ2) is 5.73. The van der Waals surface area contributed by atoms with Crippen molar-refractivity contribution in [3.8, 4) is 0 Å². The van der Waals surface area contributed by atoms with E-state index in [0.29, 0.717) is 13.2 Å². The van der Waals surface area contributed by atoms with Crippen molar-refractivity contribution in [1.82, 2.24) is 24.5 Å². The molecule has 0 atom stereocenters. The van der Waals surface area contributed by atoms with Gasteiger partial charge in [-0.15, -0.1) is 0 Å². The van der Waals surface area contributed by atoms with Crippen LogP contribution in [0.25, 0.3) is 0 Å². The first-order valence-electron chi connectivity index (χ1n) is 5.54. The van der Waals surface area contributed by atoms with Crippen molar-refractivity contribution in [1.29, 1.82) is 0 Å². The third-order valence-corrected chi connectivity index (χ3v) is 3.28. The molecular weight excluding hydrogens is 289 g/mol. The van der Waals surface area contributed by atoms with Crippen molar-refractivity contribution in [2.24, 2.45) is 7.05 Å². The highest BCUT2D eigenvalue weighted by molar-refractivity contribution is 6.41. The summed E-state index contributed by atoms with van der Waals surface area (Å²) in [6, 6.07) is 0. The topological polar surface area (TPSA) is 56.0 Å². The van der Waals surface area contributed by atoms with Crippen LogP contribution < -0.4 is 5.56 Å². The van der Waals surface area contributed by atoms with Gasteiger partial charge in [-0.3, -0.25) is 14.4 Å². The molecule has 0 saturated carbocycles. The summed E-state index contributed by atoms with van der Waals surface area (Å²) in [5.74, 6) is 0. The van der Waals surface area contributed by atoms with Crippen LogP contribution in [0, 0.1) is 0 Å². The Labute approximate surface area is 120 Å². The molecule has 2 rings (SSSR count). The number of aromatic nitrogens is 4. The van der Waals surface area contributed by atoms with E-state index in [2.05, 4.69) is 10.2 Å². The summed E-state index contributed by atoms with van der Waals surface area (Å²) in [7, 11) is 3.73. The lowest BCUT2D eigenvalue weighted by Gasteiger charge is -2.16. The van der Waals surface area contributed by atoms with Gasteiger partial charge in [0.1, 0.15) is 5.02 Å². The van der Waals surface area contributed by atoms with E-state index in [1.807, 2.05) is 25.2 Å². The van der Waals surface area contributed by atoms with Crippen LogP contribution in [0.1, 0.15) is 5.56 Å². The molecule has 8 heteroatoms. The molecule has 0 radical (unpaired) electrons. The van der Waals surface area contributed by atoms with Crippen molar-refractivity contribution in [3.05, 3.63) is 44.6 Å². The molecule has 0 saturated heterocycles. The summed E-state index contributed by atoms with van der Waals surface area (Å²) in [5.41, 5.74) is 0.658. The standard InChI is InChI=1S/C11H13Cl2N5O/c1-16(5-8-3-14-17(2)6-8)7-18-11(19)10(13)9(12)4-15-18/h3-4,6H,5,7H2,1-2H3. The van der Waals surface area contributed by atoms with Gasteiger partial charge in [-0.1, -0.05) is 23.2 Å². The maximum atomic E-state index is 11.8. The highest BCUT2D eigenvalue weighted by atomic mass is 35.5. The quantitative estimate of drug-likeness (QED) is 0.856. The number of nitrogens with zero attached hydrogens (tertiary/aromatic N) is 5. The summed E-state index contributed by atoms with van der Waals surface area (Å²) in [6.45, 7) is 0.979. The Bertz CT molecular complexity index is 636. The fraction of sp³-hybridized carbons (Fsp3) is 0.364. The zero-order chi connectivity index (χ0) is 14.0. The maximum Gasteiger partial charge on any atom is 0.288 e. The van der Waals surface area contributed by atoms with Crippen molar-refractivity contribution < 1.29 is 0 Å². The molecule has 0 amide bonds. The molecule has 0 spiro atoms. The summed E-state index contributed by atoms with van der Waals surface area (Å²) in [6.07, 6.45) is 5.06. The van der Waals surface area contributed by atoms with E-state index in [4.69, 9.17) is 23.2 Å². The average molecular weight is 302 g/mol. The molecule has 19 heavy (non-hydrogen) atoms. The largest absolute Gasteiger partial charge is 0.288 e. The highest BCUT2D eigenvalue weighted by Gasteiger charge is 2.09. The first-order valence-corrected chi connectivity index (χ1v) is 6.30. The fourth-order valence-corrected chi connectivity index (χ4v) is 1.96. The van der Waals surface area contributed by atoms with E-state index in [-0.39, 0.29) is 10.0 Å². The first kappa shape index (κ1) is 14.0. The average Bonchev–Trinajstić information content (AvgIpc) is 2.75. The van der Waals surface area contributed by atoms with E-state index in [1.165, 1.54) is 10.9 Å². The van der Waals surface area contributed by atoms with Crippen LogP contribution in [-0.2, 0) is 20.3 Å². The van der Waals surface area contributed by atoms with Crippen LogP contribution in [0.3, 0.4) is 0 Å². The molecule has 0 N–H and O–H groups in total. The summed E-state index contributed by atoms with van der Waals surface area (Å²) in [4.78, 5) is 13.7. The lowest BCUT2D eigenvalue weighted by Crippen LogP contribution is -2.31. The molecule has 0 aliphatic rings. The van der Waals surface area contributed by atoms with Gasteiger partial charge in [0.2, 0.25) is 0 Å². The van der Waals surface area contributed by atoms with Gasteiger partial charge in [0.15, 0.2) is 0 Å². The van der Waals surface area contributed by atoms with E-state index >= 15 is 0 Å². The zero-order valence-corrected chi connectivity index (χ0v) is 12.1. The van der Waals surface area contributed by atoms with Gasteiger partial charge in [-0.2, -0.15) is 10.2 Å². The minimum atomic E-state index is -0.396. The predicted molar refractivity (Wildman–Crippen MR) is 73.2 cm³/mol. The van der Waals surface area contributed by atoms with E-state index in [1.54, 1.807) is 10.9 Å². The lowest BCUT2D eigenvalue weighted by molar-refractivity contribution is 0.240. The van der Waals surface area contributed by atoms with Gasteiger partial charge in [0, 0.05) is 25.4 Å². The van der Waals surface area contributed by atoms with Gasteiger partial charge in [0.05, 0.1) is 24.1 Å². The molecule has 2 heterocycles. The molecule has 0 aliphatic heterocycles. The molecule has 6 nitrogen and oxygen atoms in total. The van der Waals surface area contributed by atoms with E-state index < -0.39 is 5.56 Å². The number of hydrogen-bond acceptors (Lipinski definition) is 4. The van der Waals surface area contributed by atoms with E-state index in [0.717, 1.165) is 5.56 Å². The normalized spacial score (nSPS) is 11.2. The third kappa shape index (κ3) is 3.34. The Kier molecular flexibility index (Phi) is 4.24. The fourth-order valence-electron chi connectivity index (χ4n) is 1.69. The summed E-state index contributed by atoms with van der Waals surface area (Å²) >= 11 is 11.5. The summed E-state index contributed by atoms with van der Waals surface area (Å²) < 4.78 is 3.00. The van der Waals surface area contributed by atoms with Crippen LogP contribution >= 0.6 is 23.2 Å². The second-order valence-corrected chi connectivity index (χ2v) is 5.07. The molecule has 0 aliphatic carbocycles. The highest BCUT2D eigenvalue weighted by Crippen LogP contribution is 2.14. The Balaban J connectivity index is 2.09. The number of rotatable bonds is 4. The first-order chi connectivity index (χ1) is 8.97. The number of aryl methyl sites for hydroxylation is 1. The Morgan fingerprint density at radius 2 is 2.05 bits per heavy atom. The van der Waals surface area contributed by atoms with E-state index in [9.17, 15) is 4.79 Å². The van der Waals surface area contributed by atoms with Gasteiger partial charge in [-0.05, 0) is 7.05 Å². The number of halogens is 2. The molecule has 2 aromatic heterocycles.